The molecule has 14 heavy (non-hydrogen) atoms. The molecule has 0 fully saturated rings. The molecule has 0 bridgehead atoms. The minimum absolute atomic E-state index is 0.148. The standard InChI is InChI=1S/C8H6BrClFNO2/c9-6-3(10)1-2-4(11)5(6)7(12)8(13)14/h1-2,7H,12H2,(H,13,14). The molecule has 0 radical (unpaired) electrons. The highest BCUT2D eigenvalue weighted by molar-refractivity contribution is 9.10. The number of hydrogen-bond donors (Lipinski definition) is 2. The Morgan fingerprint density at radius 2 is 2.21 bits per heavy atom. The van der Waals surface area contributed by atoms with Crippen LogP contribution in [0.15, 0.2) is 16.6 Å². The number of benzene rings is 1. The number of rotatable bonds is 2. The summed E-state index contributed by atoms with van der Waals surface area (Å²) in [5.41, 5.74) is 5.13. The van der Waals surface area contributed by atoms with Crippen LogP contribution in [0, 0.1) is 5.82 Å². The number of halogens is 3. The number of aliphatic carboxylic acids is 1. The molecule has 76 valence electrons. The molecule has 1 aromatic carbocycles. The van der Waals surface area contributed by atoms with Gasteiger partial charge >= 0.3 is 5.97 Å². The van der Waals surface area contributed by atoms with Crippen LogP contribution in [-0.2, 0) is 4.79 Å². The molecule has 0 saturated heterocycles. The van der Waals surface area contributed by atoms with Crippen molar-refractivity contribution in [1.29, 1.82) is 0 Å². The van der Waals surface area contributed by atoms with Crippen LogP contribution < -0.4 is 5.73 Å². The van der Waals surface area contributed by atoms with Gasteiger partial charge in [-0.1, -0.05) is 11.6 Å². The van der Waals surface area contributed by atoms with Crippen LogP contribution in [0.2, 0.25) is 5.02 Å². The van der Waals surface area contributed by atoms with E-state index in [4.69, 9.17) is 22.4 Å². The number of carboxylic acids is 1. The van der Waals surface area contributed by atoms with E-state index in [-0.39, 0.29) is 15.1 Å². The van der Waals surface area contributed by atoms with Crippen LogP contribution in [-0.4, -0.2) is 11.1 Å². The van der Waals surface area contributed by atoms with Gasteiger partial charge in [0, 0.05) is 10.0 Å². The highest BCUT2D eigenvalue weighted by Gasteiger charge is 2.22. The second-order valence-electron chi connectivity index (χ2n) is 2.57. The Morgan fingerprint density at radius 1 is 1.64 bits per heavy atom. The van der Waals surface area contributed by atoms with Gasteiger partial charge in [0.1, 0.15) is 11.9 Å². The highest BCUT2D eigenvalue weighted by Crippen LogP contribution is 2.31. The molecule has 0 aromatic heterocycles. The van der Waals surface area contributed by atoms with Crippen LogP contribution in [0.3, 0.4) is 0 Å². The van der Waals surface area contributed by atoms with Gasteiger partial charge in [0.25, 0.3) is 0 Å². The Hall–Kier alpha value is -0.650. The first-order valence-electron chi connectivity index (χ1n) is 3.57. The minimum atomic E-state index is -1.43. The highest BCUT2D eigenvalue weighted by atomic mass is 79.9. The molecule has 1 rings (SSSR count). The summed E-state index contributed by atoms with van der Waals surface area (Å²) in [6.07, 6.45) is 0. The summed E-state index contributed by atoms with van der Waals surface area (Å²) in [5, 5.41) is 8.84. The van der Waals surface area contributed by atoms with E-state index in [1.165, 1.54) is 6.07 Å². The molecule has 0 aliphatic heterocycles. The van der Waals surface area contributed by atoms with E-state index in [0.29, 0.717) is 0 Å². The van der Waals surface area contributed by atoms with Gasteiger partial charge in [-0.15, -0.1) is 0 Å². The lowest BCUT2D eigenvalue weighted by molar-refractivity contribution is -0.138. The maximum absolute atomic E-state index is 13.2. The Morgan fingerprint density at radius 3 is 2.71 bits per heavy atom. The maximum Gasteiger partial charge on any atom is 0.325 e. The number of nitrogens with two attached hydrogens (primary N) is 1. The normalized spacial score (nSPS) is 12.6. The monoisotopic (exact) mass is 281 g/mol. The van der Waals surface area contributed by atoms with E-state index >= 15 is 0 Å². The fourth-order valence-electron chi connectivity index (χ4n) is 0.951. The van der Waals surface area contributed by atoms with Crippen molar-refractivity contribution in [2.75, 3.05) is 0 Å². The minimum Gasteiger partial charge on any atom is -0.480 e. The third-order valence-electron chi connectivity index (χ3n) is 1.66. The Bertz CT molecular complexity index is 386. The molecule has 1 atom stereocenters. The smallest absolute Gasteiger partial charge is 0.325 e. The summed E-state index contributed by atoms with van der Waals surface area (Å²) >= 11 is 8.66. The van der Waals surface area contributed by atoms with E-state index in [0.717, 1.165) is 6.07 Å². The molecular formula is C8H6BrClFNO2. The lowest BCUT2D eigenvalue weighted by Crippen LogP contribution is -2.22. The predicted molar refractivity (Wildman–Crippen MR) is 53.7 cm³/mol. The van der Waals surface area contributed by atoms with E-state index in [1.54, 1.807) is 0 Å². The number of carboxylic acid groups (broad SMARTS) is 1. The fourth-order valence-corrected chi connectivity index (χ4v) is 1.68. The molecule has 0 amide bonds. The Balaban J connectivity index is 3.32. The van der Waals surface area contributed by atoms with Gasteiger partial charge < -0.3 is 10.8 Å². The maximum atomic E-state index is 13.2. The van der Waals surface area contributed by atoms with Gasteiger partial charge in [0.15, 0.2) is 0 Å². The van der Waals surface area contributed by atoms with Crippen molar-refractivity contribution in [3.05, 3.63) is 33.0 Å². The van der Waals surface area contributed by atoms with Gasteiger partial charge in [-0.2, -0.15) is 0 Å². The molecule has 0 heterocycles. The average molecular weight is 282 g/mol. The fraction of sp³-hybridized carbons (Fsp3) is 0.125. The van der Waals surface area contributed by atoms with Gasteiger partial charge in [-0.25, -0.2) is 4.39 Å². The van der Waals surface area contributed by atoms with Crippen molar-refractivity contribution in [3.8, 4) is 0 Å². The van der Waals surface area contributed by atoms with Crippen molar-refractivity contribution in [2.24, 2.45) is 5.73 Å². The SMILES string of the molecule is NC(C(=O)O)c1c(F)ccc(Cl)c1Br. The van der Waals surface area contributed by atoms with Crippen LogP contribution in [0.4, 0.5) is 4.39 Å². The summed E-state index contributed by atoms with van der Waals surface area (Å²) in [5.74, 6) is -2.01. The molecular weight excluding hydrogens is 276 g/mol. The number of hydrogen-bond acceptors (Lipinski definition) is 2. The molecule has 0 aliphatic carbocycles. The zero-order valence-electron chi connectivity index (χ0n) is 6.80. The van der Waals surface area contributed by atoms with Gasteiger partial charge in [-0.3, -0.25) is 4.79 Å². The van der Waals surface area contributed by atoms with E-state index in [1.807, 2.05) is 0 Å². The second kappa shape index (κ2) is 4.25. The molecule has 0 saturated carbocycles. The first kappa shape index (κ1) is 11.4. The summed E-state index contributed by atoms with van der Waals surface area (Å²) in [4.78, 5) is 10.6. The predicted octanol–water partition coefficient (Wildman–Crippen LogP) is 2.33. The lowest BCUT2D eigenvalue weighted by atomic mass is 10.1. The molecule has 1 unspecified atom stereocenters. The van der Waals surface area contributed by atoms with Crippen molar-refractivity contribution < 1.29 is 14.3 Å². The lowest BCUT2D eigenvalue weighted by Gasteiger charge is -2.11. The van der Waals surface area contributed by atoms with Crippen molar-refractivity contribution >= 4 is 33.5 Å². The zero-order valence-corrected chi connectivity index (χ0v) is 9.14. The zero-order chi connectivity index (χ0) is 10.9. The topological polar surface area (TPSA) is 63.3 Å². The third kappa shape index (κ3) is 2.05. The van der Waals surface area contributed by atoms with Crippen LogP contribution in [0.1, 0.15) is 11.6 Å². The van der Waals surface area contributed by atoms with Crippen LogP contribution in [0.5, 0.6) is 0 Å². The summed E-state index contributed by atoms with van der Waals surface area (Å²) in [6.45, 7) is 0. The van der Waals surface area contributed by atoms with Crippen molar-refractivity contribution in [1.82, 2.24) is 0 Å². The Kier molecular flexibility index (Phi) is 3.47. The molecule has 0 aliphatic rings. The largest absolute Gasteiger partial charge is 0.480 e. The first-order valence-corrected chi connectivity index (χ1v) is 4.74. The van der Waals surface area contributed by atoms with Crippen molar-refractivity contribution in [3.63, 3.8) is 0 Å². The molecule has 3 nitrogen and oxygen atoms in total. The second-order valence-corrected chi connectivity index (χ2v) is 3.77. The number of carbonyl (C=O) groups is 1. The van der Waals surface area contributed by atoms with E-state index in [2.05, 4.69) is 15.9 Å². The quantitative estimate of drug-likeness (QED) is 0.818. The van der Waals surface area contributed by atoms with E-state index < -0.39 is 17.8 Å². The van der Waals surface area contributed by atoms with Crippen LogP contribution in [0.25, 0.3) is 0 Å². The molecule has 6 heteroatoms. The average Bonchev–Trinajstić information content (AvgIpc) is 2.12. The molecule has 3 N–H and O–H groups in total. The summed E-state index contributed by atoms with van der Waals surface area (Å²) in [7, 11) is 0. The van der Waals surface area contributed by atoms with Gasteiger partial charge in [0.2, 0.25) is 0 Å². The van der Waals surface area contributed by atoms with Crippen molar-refractivity contribution in [2.45, 2.75) is 6.04 Å². The Labute approximate surface area is 92.8 Å². The third-order valence-corrected chi connectivity index (χ3v) is 3.05. The summed E-state index contributed by atoms with van der Waals surface area (Å²) in [6, 6.07) is 0.965. The first-order chi connectivity index (χ1) is 6.45. The summed E-state index contributed by atoms with van der Waals surface area (Å²) < 4.78 is 13.4. The van der Waals surface area contributed by atoms with Gasteiger partial charge in [0.05, 0.1) is 5.02 Å². The van der Waals surface area contributed by atoms with Gasteiger partial charge in [-0.05, 0) is 28.1 Å². The molecule has 1 aromatic rings. The molecule has 0 spiro atoms. The van der Waals surface area contributed by atoms with E-state index in [9.17, 15) is 9.18 Å². The van der Waals surface area contributed by atoms with Crippen LogP contribution >= 0.6 is 27.5 Å².